The molecular weight excluding hydrogens is 400 g/mol. The number of aromatic hydroxyl groups is 2. The van der Waals surface area contributed by atoms with Crippen molar-refractivity contribution in [1.82, 2.24) is 0 Å². The van der Waals surface area contributed by atoms with Gasteiger partial charge in [-0.3, -0.25) is 0 Å². The molecule has 2 aromatic rings. The van der Waals surface area contributed by atoms with E-state index in [1.807, 2.05) is 0 Å². The number of hydrogen-bond acceptors (Lipinski definition) is 7. The van der Waals surface area contributed by atoms with E-state index in [0.717, 1.165) is 12.0 Å². The zero-order valence-corrected chi connectivity index (χ0v) is 17.7. The fourth-order valence-corrected chi connectivity index (χ4v) is 3.73. The number of aliphatic hydroxyl groups is 1. The van der Waals surface area contributed by atoms with Crippen LogP contribution in [0.25, 0.3) is 5.57 Å². The van der Waals surface area contributed by atoms with Crippen LogP contribution in [0, 0.1) is 5.92 Å². The first kappa shape index (κ1) is 22.2. The Kier molecular flexibility index (Phi) is 6.24. The van der Waals surface area contributed by atoms with Crippen molar-refractivity contribution in [3.63, 3.8) is 0 Å². The lowest BCUT2D eigenvalue weighted by Crippen LogP contribution is -2.44. The number of cyclic esters (lactones) is 1. The molecule has 2 aromatic carbocycles. The third-order valence-electron chi connectivity index (χ3n) is 5.36. The van der Waals surface area contributed by atoms with Crippen LogP contribution >= 0.6 is 0 Å². The molecule has 0 unspecified atom stereocenters. The molecular formula is C24H26O7. The summed E-state index contributed by atoms with van der Waals surface area (Å²) in [5.74, 6) is -1.98. The molecule has 1 aliphatic rings. The van der Waals surface area contributed by atoms with Crippen molar-refractivity contribution in [1.29, 1.82) is 0 Å². The van der Waals surface area contributed by atoms with Crippen molar-refractivity contribution in [2.75, 3.05) is 7.11 Å². The number of esters is 2. The normalized spacial score (nSPS) is 18.4. The molecule has 0 spiro atoms. The van der Waals surface area contributed by atoms with Gasteiger partial charge in [0.2, 0.25) is 11.4 Å². The molecule has 0 fully saturated rings. The molecule has 0 bridgehead atoms. The molecule has 1 atom stereocenters. The summed E-state index contributed by atoms with van der Waals surface area (Å²) in [5.41, 5.74) is -0.249. The number of aliphatic hydroxyl groups excluding tert-OH is 1. The average Bonchev–Trinajstić information content (AvgIpc) is 2.99. The summed E-state index contributed by atoms with van der Waals surface area (Å²) >= 11 is 0. The first-order valence-electron chi connectivity index (χ1n) is 10.0. The maximum atomic E-state index is 12.9. The number of carbonyl (C=O) groups is 2. The molecule has 1 heterocycles. The summed E-state index contributed by atoms with van der Waals surface area (Å²) in [5, 5.41) is 30.3. The lowest BCUT2D eigenvalue weighted by molar-refractivity contribution is -0.169. The number of methoxy groups -OCH3 is 1. The number of hydrogen-bond donors (Lipinski definition) is 3. The molecule has 31 heavy (non-hydrogen) atoms. The van der Waals surface area contributed by atoms with Gasteiger partial charge in [-0.2, -0.15) is 0 Å². The minimum atomic E-state index is -1.90. The van der Waals surface area contributed by atoms with Gasteiger partial charge in [0.15, 0.2) is 0 Å². The summed E-state index contributed by atoms with van der Waals surface area (Å²) in [4.78, 5) is 25.2. The zero-order valence-electron chi connectivity index (χ0n) is 17.7. The lowest BCUT2D eigenvalue weighted by atomic mass is 9.82. The van der Waals surface area contributed by atoms with Crippen molar-refractivity contribution in [3.05, 3.63) is 64.9 Å². The van der Waals surface area contributed by atoms with E-state index in [2.05, 4.69) is 13.8 Å². The predicted molar refractivity (Wildman–Crippen MR) is 113 cm³/mol. The van der Waals surface area contributed by atoms with Crippen LogP contribution in [-0.2, 0) is 31.9 Å². The Hall–Kier alpha value is -3.48. The number of benzene rings is 2. The van der Waals surface area contributed by atoms with E-state index in [9.17, 15) is 24.9 Å². The average molecular weight is 426 g/mol. The fraction of sp³-hybridized carbons (Fsp3) is 0.333. The van der Waals surface area contributed by atoms with Gasteiger partial charge in [-0.05, 0) is 53.6 Å². The van der Waals surface area contributed by atoms with Crippen molar-refractivity contribution >= 4 is 17.5 Å². The third-order valence-corrected chi connectivity index (χ3v) is 5.36. The Bertz CT molecular complexity index is 1020. The summed E-state index contributed by atoms with van der Waals surface area (Å²) in [6, 6.07) is 10.7. The molecule has 3 rings (SSSR count). The Morgan fingerprint density at radius 3 is 2.39 bits per heavy atom. The van der Waals surface area contributed by atoms with Crippen LogP contribution in [0.4, 0.5) is 0 Å². The van der Waals surface area contributed by atoms with Crippen LogP contribution in [0.5, 0.6) is 11.5 Å². The van der Waals surface area contributed by atoms with E-state index in [-0.39, 0.29) is 23.5 Å². The number of phenolic OH excluding ortho intramolecular Hbond substituents is 2. The van der Waals surface area contributed by atoms with Gasteiger partial charge >= 0.3 is 11.9 Å². The van der Waals surface area contributed by atoms with Crippen LogP contribution in [0.1, 0.15) is 37.0 Å². The van der Waals surface area contributed by atoms with E-state index in [4.69, 9.17) is 9.47 Å². The van der Waals surface area contributed by atoms with E-state index in [1.165, 1.54) is 37.4 Å². The highest BCUT2D eigenvalue weighted by atomic mass is 16.6. The summed E-state index contributed by atoms with van der Waals surface area (Å²) in [7, 11) is 1.17. The van der Waals surface area contributed by atoms with Crippen LogP contribution < -0.4 is 0 Å². The molecule has 1 aliphatic heterocycles. The Morgan fingerprint density at radius 2 is 1.77 bits per heavy atom. The quantitative estimate of drug-likeness (QED) is 0.579. The summed E-state index contributed by atoms with van der Waals surface area (Å²) < 4.78 is 10.4. The van der Waals surface area contributed by atoms with Gasteiger partial charge in [-0.1, -0.05) is 38.1 Å². The van der Waals surface area contributed by atoms with Gasteiger partial charge in [0.05, 0.1) is 12.7 Å². The molecule has 3 N–H and O–H groups in total. The molecule has 164 valence electrons. The van der Waals surface area contributed by atoms with E-state index >= 15 is 0 Å². The predicted octanol–water partition coefficient (Wildman–Crippen LogP) is 3.67. The van der Waals surface area contributed by atoms with E-state index < -0.39 is 23.3 Å². The minimum Gasteiger partial charge on any atom is -0.508 e. The standard InChI is InChI=1S/C24H26O7/c1-14(2)4-6-17-12-15(5-11-19(17)26)13-24(23(29)30-3)20(21(27)22(28)31-24)16-7-9-18(25)10-8-16/h5,7-12,14,25-27H,4,6,13H2,1-3H3/t24-/m1/s1. The highest BCUT2D eigenvalue weighted by Gasteiger charge is 2.55. The topological polar surface area (TPSA) is 113 Å². The first-order valence-corrected chi connectivity index (χ1v) is 10.0. The molecule has 7 nitrogen and oxygen atoms in total. The smallest absolute Gasteiger partial charge is 0.375 e. The molecule has 0 saturated heterocycles. The number of phenols is 2. The Labute approximate surface area is 180 Å². The Balaban J connectivity index is 2.07. The summed E-state index contributed by atoms with van der Waals surface area (Å²) in [6.45, 7) is 4.17. The second kappa shape index (κ2) is 8.71. The monoisotopic (exact) mass is 426 g/mol. The third kappa shape index (κ3) is 4.35. The van der Waals surface area contributed by atoms with Crippen molar-refractivity contribution in [3.8, 4) is 11.5 Å². The highest BCUT2D eigenvalue weighted by molar-refractivity contribution is 6.11. The first-order chi connectivity index (χ1) is 14.7. The van der Waals surface area contributed by atoms with E-state index in [1.54, 1.807) is 12.1 Å². The summed E-state index contributed by atoms with van der Waals surface area (Å²) in [6.07, 6.45) is 1.42. The molecule has 0 radical (unpaired) electrons. The molecule has 0 amide bonds. The van der Waals surface area contributed by atoms with Gasteiger partial charge in [-0.25, -0.2) is 9.59 Å². The molecule has 0 saturated carbocycles. The van der Waals surface area contributed by atoms with Crippen molar-refractivity contribution in [2.45, 2.75) is 38.7 Å². The number of ether oxygens (including phenoxy) is 2. The number of carbonyl (C=O) groups excluding carboxylic acids is 2. The number of aryl methyl sites for hydroxylation is 1. The molecule has 7 heteroatoms. The maximum absolute atomic E-state index is 12.9. The lowest BCUT2D eigenvalue weighted by Gasteiger charge is -2.28. The second-order valence-electron chi connectivity index (χ2n) is 8.05. The SMILES string of the molecule is COC(=O)[C@]1(Cc2ccc(O)c(CCC(C)C)c2)OC(=O)C(O)=C1c1ccc(O)cc1. The van der Waals surface area contributed by atoms with Crippen molar-refractivity contribution in [2.24, 2.45) is 5.92 Å². The van der Waals surface area contributed by atoms with Gasteiger partial charge in [0, 0.05) is 6.42 Å². The van der Waals surface area contributed by atoms with Gasteiger partial charge in [-0.15, -0.1) is 0 Å². The Morgan fingerprint density at radius 1 is 1.10 bits per heavy atom. The van der Waals surface area contributed by atoms with Crippen LogP contribution in [0.2, 0.25) is 0 Å². The highest BCUT2D eigenvalue weighted by Crippen LogP contribution is 2.43. The molecule has 0 aromatic heterocycles. The second-order valence-corrected chi connectivity index (χ2v) is 8.05. The van der Waals surface area contributed by atoms with Crippen molar-refractivity contribution < 1.29 is 34.4 Å². The minimum absolute atomic E-state index is 0.00826. The van der Waals surface area contributed by atoms with E-state index in [0.29, 0.717) is 23.5 Å². The zero-order chi connectivity index (χ0) is 22.8. The maximum Gasteiger partial charge on any atom is 0.375 e. The van der Waals surface area contributed by atoms with Gasteiger partial charge < -0.3 is 24.8 Å². The largest absolute Gasteiger partial charge is 0.508 e. The van der Waals surface area contributed by atoms with Crippen LogP contribution in [0.15, 0.2) is 48.2 Å². The van der Waals surface area contributed by atoms with Gasteiger partial charge in [0.1, 0.15) is 11.5 Å². The molecule has 0 aliphatic carbocycles. The number of rotatable bonds is 7. The fourth-order valence-electron chi connectivity index (χ4n) is 3.73. The van der Waals surface area contributed by atoms with Gasteiger partial charge in [0.25, 0.3) is 0 Å². The van der Waals surface area contributed by atoms with Crippen LogP contribution in [0.3, 0.4) is 0 Å². The van der Waals surface area contributed by atoms with Crippen LogP contribution in [-0.4, -0.2) is 40.0 Å².